The molecule has 2 rings (SSSR count). The molecule has 0 amide bonds. The summed E-state index contributed by atoms with van der Waals surface area (Å²) in [6, 6.07) is 9.56. The summed E-state index contributed by atoms with van der Waals surface area (Å²) in [4.78, 5) is 16.6. The second kappa shape index (κ2) is 6.33. The Morgan fingerprint density at radius 2 is 2.00 bits per heavy atom. The van der Waals surface area contributed by atoms with Crippen LogP contribution >= 0.6 is 0 Å². The van der Waals surface area contributed by atoms with Gasteiger partial charge in [0.2, 0.25) is 0 Å². The summed E-state index contributed by atoms with van der Waals surface area (Å²) in [6.45, 7) is 3.99. The Labute approximate surface area is 119 Å². The fraction of sp³-hybridized carbons (Fsp3) is 0.294. The highest BCUT2D eigenvalue weighted by atomic mass is 16.5. The summed E-state index contributed by atoms with van der Waals surface area (Å²) in [5.41, 5.74) is 3.74. The van der Waals surface area contributed by atoms with Crippen molar-refractivity contribution >= 4 is 5.78 Å². The van der Waals surface area contributed by atoms with Crippen molar-refractivity contribution in [3.05, 3.63) is 58.9 Å². The largest absolute Gasteiger partial charge is 0.496 e. The molecule has 0 aliphatic rings. The SMILES string of the molecule is COc1c(C(=O)CCc2ccccn2)ccc(C)c1C. The predicted molar refractivity (Wildman–Crippen MR) is 79.4 cm³/mol. The molecule has 0 radical (unpaired) electrons. The Morgan fingerprint density at radius 3 is 2.65 bits per heavy atom. The highest BCUT2D eigenvalue weighted by molar-refractivity contribution is 5.99. The van der Waals surface area contributed by atoms with Gasteiger partial charge in [0.1, 0.15) is 5.75 Å². The smallest absolute Gasteiger partial charge is 0.166 e. The summed E-state index contributed by atoms with van der Waals surface area (Å²) in [7, 11) is 1.61. The van der Waals surface area contributed by atoms with E-state index in [1.54, 1.807) is 13.3 Å². The number of nitrogens with zero attached hydrogens (tertiary/aromatic N) is 1. The van der Waals surface area contributed by atoms with Gasteiger partial charge >= 0.3 is 0 Å². The molecule has 2 aromatic rings. The lowest BCUT2D eigenvalue weighted by Crippen LogP contribution is -2.06. The van der Waals surface area contributed by atoms with Crippen molar-refractivity contribution in [2.24, 2.45) is 0 Å². The quantitative estimate of drug-likeness (QED) is 0.780. The first kappa shape index (κ1) is 14.3. The van der Waals surface area contributed by atoms with Gasteiger partial charge in [-0.15, -0.1) is 0 Å². The van der Waals surface area contributed by atoms with E-state index in [9.17, 15) is 4.79 Å². The number of ether oxygens (including phenoxy) is 1. The van der Waals surface area contributed by atoms with Gasteiger partial charge in [-0.1, -0.05) is 12.1 Å². The molecule has 1 aromatic carbocycles. The first-order chi connectivity index (χ1) is 9.63. The molecule has 1 aromatic heterocycles. The second-order valence-corrected chi connectivity index (χ2v) is 4.83. The first-order valence-electron chi connectivity index (χ1n) is 6.70. The van der Waals surface area contributed by atoms with Gasteiger partial charge in [0, 0.05) is 18.3 Å². The minimum Gasteiger partial charge on any atom is -0.496 e. The van der Waals surface area contributed by atoms with Crippen molar-refractivity contribution < 1.29 is 9.53 Å². The molecule has 0 unspecified atom stereocenters. The van der Waals surface area contributed by atoms with Gasteiger partial charge in [-0.05, 0) is 49.6 Å². The average molecular weight is 269 g/mol. The summed E-state index contributed by atoms with van der Waals surface area (Å²) >= 11 is 0. The lowest BCUT2D eigenvalue weighted by molar-refractivity contribution is 0.0979. The molecule has 3 nitrogen and oxygen atoms in total. The minimum atomic E-state index is 0.0932. The maximum atomic E-state index is 12.4. The van der Waals surface area contributed by atoms with Crippen LogP contribution in [0.4, 0.5) is 0 Å². The van der Waals surface area contributed by atoms with Crippen LogP contribution in [0.5, 0.6) is 5.75 Å². The van der Waals surface area contributed by atoms with E-state index in [4.69, 9.17) is 4.74 Å². The van der Waals surface area contributed by atoms with Crippen molar-refractivity contribution in [3.63, 3.8) is 0 Å². The van der Waals surface area contributed by atoms with Crippen LogP contribution in [0.15, 0.2) is 36.5 Å². The van der Waals surface area contributed by atoms with Crippen LogP contribution in [-0.2, 0) is 6.42 Å². The van der Waals surface area contributed by atoms with E-state index in [-0.39, 0.29) is 5.78 Å². The highest BCUT2D eigenvalue weighted by Gasteiger charge is 2.15. The van der Waals surface area contributed by atoms with E-state index >= 15 is 0 Å². The third-order valence-corrected chi connectivity index (χ3v) is 3.52. The van der Waals surface area contributed by atoms with Crippen molar-refractivity contribution in [3.8, 4) is 5.75 Å². The molecule has 0 aliphatic heterocycles. The molecular weight excluding hydrogens is 250 g/mol. The summed E-state index contributed by atoms with van der Waals surface area (Å²) in [5.74, 6) is 0.784. The number of rotatable bonds is 5. The number of aromatic nitrogens is 1. The number of Topliss-reactive ketones (excluding diaryl/α,β-unsaturated/α-hetero) is 1. The molecule has 0 bridgehead atoms. The van der Waals surface area contributed by atoms with Gasteiger partial charge in [-0.3, -0.25) is 9.78 Å². The van der Waals surface area contributed by atoms with E-state index in [1.165, 1.54) is 0 Å². The zero-order valence-corrected chi connectivity index (χ0v) is 12.1. The molecule has 0 N–H and O–H groups in total. The fourth-order valence-electron chi connectivity index (χ4n) is 2.20. The third kappa shape index (κ3) is 3.05. The van der Waals surface area contributed by atoms with Gasteiger partial charge in [-0.2, -0.15) is 0 Å². The summed E-state index contributed by atoms with van der Waals surface area (Å²) < 4.78 is 5.39. The van der Waals surface area contributed by atoms with Crippen molar-refractivity contribution in [1.29, 1.82) is 0 Å². The van der Waals surface area contributed by atoms with Crippen LogP contribution in [-0.4, -0.2) is 17.9 Å². The van der Waals surface area contributed by atoms with Gasteiger partial charge < -0.3 is 4.74 Å². The van der Waals surface area contributed by atoms with E-state index in [2.05, 4.69) is 4.98 Å². The van der Waals surface area contributed by atoms with E-state index < -0.39 is 0 Å². The van der Waals surface area contributed by atoms with Crippen molar-refractivity contribution in [2.45, 2.75) is 26.7 Å². The standard InChI is InChI=1S/C17H19NO2/c1-12-7-9-15(17(20-3)13(12)2)16(19)10-8-14-6-4-5-11-18-14/h4-7,9,11H,8,10H2,1-3H3. The van der Waals surface area contributed by atoms with E-state index in [1.807, 2.05) is 44.2 Å². The Balaban J connectivity index is 2.16. The number of benzene rings is 1. The Hall–Kier alpha value is -2.16. The molecule has 0 saturated carbocycles. The molecule has 3 heteroatoms. The molecule has 0 spiro atoms. The number of pyridine rings is 1. The zero-order chi connectivity index (χ0) is 14.5. The minimum absolute atomic E-state index is 0.0932. The monoisotopic (exact) mass is 269 g/mol. The van der Waals surface area contributed by atoms with Crippen LogP contribution in [0.2, 0.25) is 0 Å². The first-order valence-corrected chi connectivity index (χ1v) is 6.70. The van der Waals surface area contributed by atoms with Crippen molar-refractivity contribution in [2.75, 3.05) is 7.11 Å². The average Bonchev–Trinajstić information content (AvgIpc) is 2.48. The zero-order valence-electron chi connectivity index (χ0n) is 12.1. The molecule has 0 aliphatic carbocycles. The Kier molecular flexibility index (Phi) is 4.51. The number of aryl methyl sites for hydroxylation is 2. The number of ketones is 1. The van der Waals surface area contributed by atoms with Crippen LogP contribution in [0.3, 0.4) is 0 Å². The molecule has 104 valence electrons. The van der Waals surface area contributed by atoms with Gasteiger partial charge in [0.25, 0.3) is 0 Å². The summed E-state index contributed by atoms with van der Waals surface area (Å²) in [5, 5.41) is 0. The number of methoxy groups -OCH3 is 1. The molecular formula is C17H19NO2. The van der Waals surface area contributed by atoms with E-state index in [0.29, 0.717) is 24.2 Å². The predicted octanol–water partition coefficient (Wildman–Crippen LogP) is 3.52. The number of hydrogen-bond donors (Lipinski definition) is 0. The number of carbonyl (C=O) groups is 1. The van der Waals surface area contributed by atoms with Crippen LogP contribution < -0.4 is 4.74 Å². The van der Waals surface area contributed by atoms with Gasteiger partial charge in [-0.25, -0.2) is 0 Å². The Morgan fingerprint density at radius 1 is 1.20 bits per heavy atom. The second-order valence-electron chi connectivity index (χ2n) is 4.83. The topological polar surface area (TPSA) is 39.2 Å². The fourth-order valence-corrected chi connectivity index (χ4v) is 2.20. The molecule has 1 heterocycles. The lowest BCUT2D eigenvalue weighted by atomic mass is 9.99. The molecule has 0 atom stereocenters. The maximum Gasteiger partial charge on any atom is 0.166 e. The van der Waals surface area contributed by atoms with Crippen molar-refractivity contribution in [1.82, 2.24) is 4.98 Å². The highest BCUT2D eigenvalue weighted by Crippen LogP contribution is 2.27. The normalized spacial score (nSPS) is 10.3. The van der Waals surface area contributed by atoms with E-state index in [0.717, 1.165) is 16.8 Å². The van der Waals surface area contributed by atoms with Gasteiger partial charge in [0.15, 0.2) is 5.78 Å². The summed E-state index contributed by atoms with van der Waals surface area (Å²) in [6.07, 6.45) is 2.84. The number of hydrogen-bond acceptors (Lipinski definition) is 3. The van der Waals surface area contributed by atoms with Crippen LogP contribution in [0.1, 0.15) is 33.6 Å². The molecule has 0 fully saturated rings. The third-order valence-electron chi connectivity index (χ3n) is 3.52. The number of carbonyl (C=O) groups excluding carboxylic acids is 1. The lowest BCUT2D eigenvalue weighted by Gasteiger charge is -2.12. The van der Waals surface area contributed by atoms with Crippen LogP contribution in [0.25, 0.3) is 0 Å². The van der Waals surface area contributed by atoms with Gasteiger partial charge in [0.05, 0.1) is 12.7 Å². The maximum absolute atomic E-state index is 12.4. The van der Waals surface area contributed by atoms with Crippen LogP contribution in [0, 0.1) is 13.8 Å². The Bertz CT molecular complexity index is 606. The molecule has 0 saturated heterocycles. The molecule has 20 heavy (non-hydrogen) atoms.